The first kappa shape index (κ1) is 15.7. The number of aromatic nitrogens is 2. The van der Waals surface area contributed by atoms with Crippen molar-refractivity contribution in [2.45, 2.75) is 33.0 Å². The SMILES string of the molecule is CCCn1cncc1COc1c(CN)cc(Cl)cc1OC. The molecule has 1 heterocycles. The molecule has 2 rings (SSSR count). The van der Waals surface area contributed by atoms with Crippen molar-refractivity contribution in [2.75, 3.05) is 7.11 Å². The first-order chi connectivity index (χ1) is 10.2. The number of nitrogens with two attached hydrogens (primary N) is 1. The Bertz CT molecular complexity index is 573. The van der Waals surface area contributed by atoms with E-state index in [-0.39, 0.29) is 0 Å². The summed E-state index contributed by atoms with van der Waals surface area (Å²) in [7, 11) is 1.58. The second-order valence-corrected chi connectivity index (χ2v) is 5.10. The predicted octanol–water partition coefficient (Wildman–Crippen LogP) is 2.99. The Morgan fingerprint density at radius 2 is 2.19 bits per heavy atom. The average Bonchev–Trinajstić information content (AvgIpc) is 2.92. The fourth-order valence-corrected chi connectivity index (χ4v) is 2.38. The van der Waals surface area contributed by atoms with Crippen molar-refractivity contribution in [2.24, 2.45) is 5.73 Å². The highest BCUT2D eigenvalue weighted by molar-refractivity contribution is 6.30. The lowest BCUT2D eigenvalue weighted by atomic mass is 10.2. The molecule has 0 aliphatic carbocycles. The van der Waals surface area contributed by atoms with Crippen LogP contribution in [0, 0.1) is 0 Å². The number of nitrogens with zero attached hydrogens (tertiary/aromatic N) is 2. The van der Waals surface area contributed by atoms with Gasteiger partial charge in [0.1, 0.15) is 6.61 Å². The van der Waals surface area contributed by atoms with Gasteiger partial charge in [-0.1, -0.05) is 18.5 Å². The lowest BCUT2D eigenvalue weighted by molar-refractivity contribution is 0.272. The molecule has 114 valence electrons. The van der Waals surface area contributed by atoms with Crippen LogP contribution in [0.4, 0.5) is 0 Å². The molecule has 2 aromatic rings. The van der Waals surface area contributed by atoms with Gasteiger partial charge in [-0.25, -0.2) is 4.98 Å². The molecule has 0 spiro atoms. The molecule has 0 fully saturated rings. The Kier molecular flexibility index (Phi) is 5.47. The van der Waals surface area contributed by atoms with Gasteiger partial charge < -0.3 is 19.8 Å². The predicted molar refractivity (Wildman–Crippen MR) is 82.7 cm³/mol. The van der Waals surface area contributed by atoms with Gasteiger partial charge in [0, 0.05) is 29.7 Å². The van der Waals surface area contributed by atoms with Crippen molar-refractivity contribution in [3.8, 4) is 11.5 Å². The van der Waals surface area contributed by atoms with Crippen LogP contribution in [-0.4, -0.2) is 16.7 Å². The Balaban J connectivity index is 2.21. The van der Waals surface area contributed by atoms with Crippen LogP contribution in [0.15, 0.2) is 24.7 Å². The van der Waals surface area contributed by atoms with Crippen LogP contribution in [0.25, 0.3) is 0 Å². The van der Waals surface area contributed by atoms with Crippen LogP contribution in [0.2, 0.25) is 5.02 Å². The van der Waals surface area contributed by atoms with Gasteiger partial charge in [-0.2, -0.15) is 0 Å². The van der Waals surface area contributed by atoms with Crippen molar-refractivity contribution in [3.05, 3.63) is 40.9 Å². The molecule has 0 radical (unpaired) electrons. The first-order valence-electron chi connectivity index (χ1n) is 6.87. The molecule has 1 aromatic carbocycles. The molecule has 0 aliphatic rings. The Morgan fingerprint density at radius 1 is 1.38 bits per heavy atom. The van der Waals surface area contributed by atoms with Crippen molar-refractivity contribution in [1.82, 2.24) is 9.55 Å². The van der Waals surface area contributed by atoms with E-state index in [4.69, 9.17) is 26.8 Å². The molecule has 1 aromatic heterocycles. The summed E-state index contributed by atoms with van der Waals surface area (Å²) >= 11 is 6.04. The van der Waals surface area contributed by atoms with E-state index < -0.39 is 0 Å². The summed E-state index contributed by atoms with van der Waals surface area (Å²) in [6.45, 7) is 3.78. The smallest absolute Gasteiger partial charge is 0.166 e. The number of rotatable bonds is 7. The zero-order valence-corrected chi connectivity index (χ0v) is 13.1. The van der Waals surface area contributed by atoms with Gasteiger partial charge in [-0.05, 0) is 12.5 Å². The second kappa shape index (κ2) is 7.33. The lowest BCUT2D eigenvalue weighted by Crippen LogP contribution is -2.08. The van der Waals surface area contributed by atoms with Crippen LogP contribution < -0.4 is 15.2 Å². The van der Waals surface area contributed by atoms with E-state index in [9.17, 15) is 0 Å². The van der Waals surface area contributed by atoms with E-state index in [0.29, 0.717) is 29.7 Å². The van der Waals surface area contributed by atoms with Crippen LogP contribution in [0.3, 0.4) is 0 Å². The van der Waals surface area contributed by atoms with Gasteiger partial charge in [0.2, 0.25) is 0 Å². The number of hydrogen-bond acceptors (Lipinski definition) is 4. The quantitative estimate of drug-likeness (QED) is 0.854. The third kappa shape index (κ3) is 3.68. The number of halogens is 1. The van der Waals surface area contributed by atoms with Gasteiger partial charge in [-0.3, -0.25) is 0 Å². The van der Waals surface area contributed by atoms with Crippen molar-refractivity contribution in [1.29, 1.82) is 0 Å². The maximum absolute atomic E-state index is 6.04. The van der Waals surface area contributed by atoms with Crippen LogP contribution >= 0.6 is 11.6 Å². The van der Waals surface area contributed by atoms with E-state index in [0.717, 1.165) is 24.2 Å². The van der Waals surface area contributed by atoms with Gasteiger partial charge in [0.25, 0.3) is 0 Å². The largest absolute Gasteiger partial charge is 0.493 e. The van der Waals surface area contributed by atoms with E-state index in [1.54, 1.807) is 25.4 Å². The molecule has 0 bridgehead atoms. The van der Waals surface area contributed by atoms with Gasteiger partial charge in [0.05, 0.1) is 25.3 Å². The third-order valence-electron chi connectivity index (χ3n) is 3.16. The molecule has 0 aliphatic heterocycles. The van der Waals surface area contributed by atoms with Gasteiger partial charge in [-0.15, -0.1) is 0 Å². The highest BCUT2D eigenvalue weighted by atomic mass is 35.5. The average molecular weight is 310 g/mol. The minimum atomic E-state index is 0.334. The summed E-state index contributed by atoms with van der Waals surface area (Å²) in [5.74, 6) is 1.22. The van der Waals surface area contributed by atoms with Crippen LogP contribution in [-0.2, 0) is 19.7 Å². The minimum absolute atomic E-state index is 0.334. The van der Waals surface area contributed by atoms with E-state index in [1.807, 2.05) is 6.33 Å². The topological polar surface area (TPSA) is 62.3 Å². The second-order valence-electron chi connectivity index (χ2n) is 4.67. The van der Waals surface area contributed by atoms with Crippen LogP contribution in [0.1, 0.15) is 24.6 Å². The molecule has 0 unspecified atom stereocenters. The normalized spacial score (nSPS) is 10.7. The number of ether oxygens (including phenoxy) is 2. The van der Waals surface area contributed by atoms with Crippen molar-refractivity contribution >= 4 is 11.6 Å². The lowest BCUT2D eigenvalue weighted by Gasteiger charge is -2.15. The Labute approximate surface area is 129 Å². The van der Waals surface area contributed by atoms with Crippen LogP contribution in [0.5, 0.6) is 11.5 Å². The molecular weight excluding hydrogens is 290 g/mol. The van der Waals surface area contributed by atoms with E-state index in [2.05, 4.69) is 16.5 Å². The number of hydrogen-bond donors (Lipinski definition) is 1. The summed E-state index contributed by atoms with van der Waals surface area (Å²) in [5.41, 5.74) is 7.59. The minimum Gasteiger partial charge on any atom is -0.493 e. The molecule has 0 saturated heterocycles. The summed E-state index contributed by atoms with van der Waals surface area (Å²) in [6.07, 6.45) is 4.66. The zero-order valence-electron chi connectivity index (χ0n) is 12.3. The molecule has 21 heavy (non-hydrogen) atoms. The van der Waals surface area contributed by atoms with Crippen molar-refractivity contribution < 1.29 is 9.47 Å². The number of imidazole rings is 1. The fourth-order valence-electron chi connectivity index (χ4n) is 2.15. The number of methoxy groups -OCH3 is 1. The zero-order chi connectivity index (χ0) is 15.2. The monoisotopic (exact) mass is 309 g/mol. The molecule has 0 amide bonds. The Hall–Kier alpha value is -1.72. The Morgan fingerprint density at radius 3 is 2.86 bits per heavy atom. The summed E-state index contributed by atoms with van der Waals surface area (Å²) in [5, 5.41) is 0.579. The highest BCUT2D eigenvalue weighted by Gasteiger charge is 2.13. The maximum atomic E-state index is 6.04. The van der Waals surface area contributed by atoms with E-state index >= 15 is 0 Å². The fraction of sp³-hybridized carbons (Fsp3) is 0.400. The number of benzene rings is 1. The number of aryl methyl sites for hydroxylation is 1. The standard InChI is InChI=1S/C15H20ClN3O2/c1-3-4-19-10-18-8-13(19)9-21-15-11(7-17)5-12(16)6-14(15)20-2/h5-6,8,10H,3-4,7,9,17H2,1-2H3. The molecule has 2 N–H and O–H groups in total. The highest BCUT2D eigenvalue weighted by Crippen LogP contribution is 2.35. The molecule has 6 heteroatoms. The molecule has 0 atom stereocenters. The molecule has 0 saturated carbocycles. The summed E-state index contributed by atoms with van der Waals surface area (Å²) < 4.78 is 13.3. The van der Waals surface area contributed by atoms with E-state index in [1.165, 1.54) is 0 Å². The summed E-state index contributed by atoms with van der Waals surface area (Å²) in [4.78, 5) is 4.16. The van der Waals surface area contributed by atoms with Crippen molar-refractivity contribution in [3.63, 3.8) is 0 Å². The first-order valence-corrected chi connectivity index (χ1v) is 7.25. The molecular formula is C15H20ClN3O2. The van der Waals surface area contributed by atoms with Gasteiger partial charge in [0.15, 0.2) is 11.5 Å². The summed E-state index contributed by atoms with van der Waals surface area (Å²) in [6, 6.07) is 3.52. The molecule has 5 nitrogen and oxygen atoms in total. The van der Waals surface area contributed by atoms with Gasteiger partial charge >= 0.3 is 0 Å². The maximum Gasteiger partial charge on any atom is 0.166 e. The third-order valence-corrected chi connectivity index (χ3v) is 3.38.